The van der Waals surface area contributed by atoms with Crippen LogP contribution in [0.3, 0.4) is 0 Å². The van der Waals surface area contributed by atoms with E-state index in [0.29, 0.717) is 29.5 Å². The Morgan fingerprint density at radius 1 is 1.32 bits per heavy atom. The third kappa shape index (κ3) is 2.90. The number of benzene rings is 1. The second-order valence-corrected chi connectivity index (χ2v) is 3.81. The van der Waals surface area contributed by atoms with Crippen LogP contribution in [-0.2, 0) is 6.54 Å². The lowest BCUT2D eigenvalue weighted by Crippen LogP contribution is -2.06. The molecule has 19 heavy (non-hydrogen) atoms. The summed E-state index contributed by atoms with van der Waals surface area (Å²) in [5.74, 6) is 0.869. The second-order valence-electron chi connectivity index (χ2n) is 3.81. The first-order chi connectivity index (χ1) is 9.24. The Morgan fingerprint density at radius 2 is 2.05 bits per heavy atom. The summed E-state index contributed by atoms with van der Waals surface area (Å²) in [6, 6.07) is 9.35. The molecule has 6 heteroatoms. The van der Waals surface area contributed by atoms with E-state index in [9.17, 15) is 0 Å². The van der Waals surface area contributed by atoms with E-state index in [0.717, 1.165) is 5.56 Å². The van der Waals surface area contributed by atoms with Crippen molar-refractivity contribution in [3.63, 3.8) is 0 Å². The summed E-state index contributed by atoms with van der Waals surface area (Å²) in [5, 5.41) is 11.8. The zero-order chi connectivity index (χ0) is 13.7. The van der Waals surface area contributed by atoms with E-state index in [-0.39, 0.29) is 0 Å². The highest BCUT2D eigenvalue weighted by molar-refractivity contribution is 5.66. The summed E-state index contributed by atoms with van der Waals surface area (Å²) in [6.07, 6.45) is 1.39. The Balaban J connectivity index is 2.08. The second kappa shape index (κ2) is 5.69. The Kier molecular flexibility index (Phi) is 3.78. The Hall–Kier alpha value is -2.81. The van der Waals surface area contributed by atoms with Gasteiger partial charge >= 0.3 is 0 Å². The predicted octanol–water partition coefficient (Wildman–Crippen LogP) is 1.55. The predicted molar refractivity (Wildman–Crippen MR) is 71.5 cm³/mol. The van der Waals surface area contributed by atoms with E-state index in [2.05, 4.69) is 21.4 Å². The molecule has 0 fully saturated rings. The molecule has 3 N–H and O–H groups in total. The van der Waals surface area contributed by atoms with Crippen LogP contribution in [0.15, 0.2) is 30.6 Å². The molecular formula is C13H13N5O. The molecule has 0 amide bonds. The zero-order valence-corrected chi connectivity index (χ0v) is 10.4. The fourth-order valence-electron chi connectivity index (χ4n) is 1.57. The van der Waals surface area contributed by atoms with Gasteiger partial charge in [0.15, 0.2) is 5.82 Å². The van der Waals surface area contributed by atoms with E-state index in [1.54, 1.807) is 12.1 Å². The summed E-state index contributed by atoms with van der Waals surface area (Å²) >= 11 is 0. The molecule has 0 unspecified atom stereocenters. The van der Waals surface area contributed by atoms with Gasteiger partial charge in [0, 0.05) is 6.54 Å². The van der Waals surface area contributed by atoms with Crippen molar-refractivity contribution in [2.24, 2.45) is 0 Å². The van der Waals surface area contributed by atoms with Gasteiger partial charge in [0.05, 0.1) is 18.7 Å². The topological polar surface area (TPSA) is 96.9 Å². The maximum atomic E-state index is 8.72. The van der Waals surface area contributed by atoms with Gasteiger partial charge in [-0.2, -0.15) is 10.2 Å². The molecule has 1 aromatic carbocycles. The first-order valence-electron chi connectivity index (χ1n) is 5.62. The van der Waals surface area contributed by atoms with E-state index < -0.39 is 0 Å². The summed E-state index contributed by atoms with van der Waals surface area (Å²) in [5.41, 5.74) is 7.88. The van der Waals surface area contributed by atoms with E-state index in [1.807, 2.05) is 12.1 Å². The quantitative estimate of drug-likeness (QED) is 0.860. The largest absolute Gasteiger partial charge is 0.479 e. The third-order valence-electron chi connectivity index (χ3n) is 2.58. The van der Waals surface area contributed by atoms with Gasteiger partial charge in [0.1, 0.15) is 12.0 Å². The van der Waals surface area contributed by atoms with Crippen LogP contribution < -0.4 is 15.8 Å². The molecule has 2 rings (SSSR count). The number of hydrogen-bond acceptors (Lipinski definition) is 6. The summed E-state index contributed by atoms with van der Waals surface area (Å²) < 4.78 is 5.02. The number of anilines is 2. The van der Waals surface area contributed by atoms with Crippen molar-refractivity contribution in [3.8, 4) is 11.9 Å². The average molecular weight is 255 g/mol. The van der Waals surface area contributed by atoms with Gasteiger partial charge in [-0.15, -0.1) is 0 Å². The maximum absolute atomic E-state index is 8.72. The molecule has 0 spiro atoms. The molecule has 96 valence electrons. The Morgan fingerprint density at radius 3 is 2.68 bits per heavy atom. The van der Waals surface area contributed by atoms with Crippen molar-refractivity contribution < 1.29 is 4.74 Å². The number of aromatic nitrogens is 2. The molecule has 0 aliphatic heterocycles. The monoisotopic (exact) mass is 255 g/mol. The minimum Gasteiger partial charge on any atom is -0.479 e. The van der Waals surface area contributed by atoms with Gasteiger partial charge < -0.3 is 15.8 Å². The van der Waals surface area contributed by atoms with Crippen LogP contribution in [0.5, 0.6) is 5.88 Å². The van der Waals surface area contributed by atoms with Gasteiger partial charge in [-0.1, -0.05) is 12.1 Å². The van der Waals surface area contributed by atoms with Gasteiger partial charge in [-0.25, -0.2) is 4.98 Å². The lowest BCUT2D eigenvalue weighted by atomic mass is 10.1. The number of ether oxygens (including phenoxy) is 1. The maximum Gasteiger partial charge on any atom is 0.242 e. The molecule has 0 atom stereocenters. The molecule has 0 radical (unpaired) electrons. The highest BCUT2D eigenvalue weighted by atomic mass is 16.5. The first kappa shape index (κ1) is 12.6. The fourth-order valence-corrected chi connectivity index (χ4v) is 1.57. The molecule has 6 nitrogen and oxygen atoms in total. The number of nitriles is 1. The van der Waals surface area contributed by atoms with Crippen molar-refractivity contribution >= 4 is 11.5 Å². The molecule has 0 aliphatic carbocycles. The SMILES string of the molecule is COc1ncnc(NCc2ccc(C#N)cc2)c1N. The summed E-state index contributed by atoms with van der Waals surface area (Å²) in [7, 11) is 1.50. The highest BCUT2D eigenvalue weighted by Crippen LogP contribution is 2.24. The average Bonchev–Trinajstić information content (AvgIpc) is 2.47. The molecule has 0 bridgehead atoms. The minimum atomic E-state index is 0.345. The van der Waals surface area contributed by atoms with Crippen molar-refractivity contribution in [2.45, 2.75) is 6.54 Å². The van der Waals surface area contributed by atoms with Gasteiger partial charge in [0.2, 0.25) is 5.88 Å². The number of nitrogen functional groups attached to an aromatic ring is 1. The summed E-state index contributed by atoms with van der Waals surface area (Å²) in [4.78, 5) is 7.96. The van der Waals surface area contributed by atoms with Crippen LogP contribution in [0.2, 0.25) is 0 Å². The Labute approximate surface area is 110 Å². The van der Waals surface area contributed by atoms with E-state index in [1.165, 1.54) is 13.4 Å². The standard InChI is InChI=1S/C13H13N5O/c1-19-13-11(15)12(17-8-18-13)16-7-10-4-2-9(6-14)3-5-10/h2-5,8H,7,15H2,1H3,(H,16,17,18). The van der Waals surface area contributed by atoms with Crippen molar-refractivity contribution in [1.82, 2.24) is 9.97 Å². The van der Waals surface area contributed by atoms with E-state index in [4.69, 9.17) is 15.7 Å². The van der Waals surface area contributed by atoms with Gasteiger partial charge in [0.25, 0.3) is 0 Å². The van der Waals surface area contributed by atoms with Crippen LogP contribution >= 0.6 is 0 Å². The van der Waals surface area contributed by atoms with Crippen molar-refractivity contribution in [1.29, 1.82) is 5.26 Å². The molecule has 0 saturated heterocycles. The van der Waals surface area contributed by atoms with Gasteiger partial charge in [-0.05, 0) is 17.7 Å². The smallest absolute Gasteiger partial charge is 0.242 e. The molecule has 1 heterocycles. The fraction of sp³-hybridized carbons (Fsp3) is 0.154. The normalized spacial score (nSPS) is 9.68. The van der Waals surface area contributed by atoms with E-state index >= 15 is 0 Å². The molecule has 2 aromatic rings. The minimum absolute atomic E-state index is 0.345. The lowest BCUT2D eigenvalue weighted by Gasteiger charge is -2.10. The van der Waals surface area contributed by atoms with Crippen LogP contribution in [-0.4, -0.2) is 17.1 Å². The number of nitrogens with zero attached hydrogens (tertiary/aromatic N) is 3. The molecule has 0 saturated carbocycles. The number of methoxy groups -OCH3 is 1. The molecule has 1 aromatic heterocycles. The third-order valence-corrected chi connectivity index (χ3v) is 2.58. The van der Waals surface area contributed by atoms with Crippen LogP contribution in [0.1, 0.15) is 11.1 Å². The molecule has 0 aliphatic rings. The van der Waals surface area contributed by atoms with Crippen molar-refractivity contribution in [2.75, 3.05) is 18.2 Å². The van der Waals surface area contributed by atoms with Crippen LogP contribution in [0, 0.1) is 11.3 Å². The zero-order valence-electron chi connectivity index (χ0n) is 10.4. The number of nitrogens with one attached hydrogen (secondary N) is 1. The van der Waals surface area contributed by atoms with Crippen molar-refractivity contribution in [3.05, 3.63) is 41.7 Å². The number of hydrogen-bond donors (Lipinski definition) is 2. The van der Waals surface area contributed by atoms with Gasteiger partial charge in [-0.3, -0.25) is 0 Å². The molecular weight excluding hydrogens is 242 g/mol. The Bertz CT molecular complexity index is 603. The highest BCUT2D eigenvalue weighted by Gasteiger charge is 2.07. The van der Waals surface area contributed by atoms with Crippen LogP contribution in [0.4, 0.5) is 11.5 Å². The summed E-state index contributed by atoms with van der Waals surface area (Å²) in [6.45, 7) is 0.552. The van der Waals surface area contributed by atoms with Crippen LogP contribution in [0.25, 0.3) is 0 Å². The first-order valence-corrected chi connectivity index (χ1v) is 5.62. The number of nitrogens with two attached hydrogens (primary N) is 1. The number of rotatable bonds is 4. The lowest BCUT2D eigenvalue weighted by molar-refractivity contribution is 0.399.